The molecule has 1 amide bonds. The Labute approximate surface area is 162 Å². The first-order valence-corrected chi connectivity index (χ1v) is 9.45. The molecule has 1 fully saturated rings. The van der Waals surface area contributed by atoms with Gasteiger partial charge in [0, 0.05) is 36.3 Å². The summed E-state index contributed by atoms with van der Waals surface area (Å²) in [6.45, 7) is 0. The Morgan fingerprint density at radius 3 is 2.81 bits per heavy atom. The third kappa shape index (κ3) is 2.18. The Hall–Kier alpha value is -2.54. The molecule has 0 atom stereocenters. The number of pyridine rings is 2. The molecule has 136 valence electrons. The highest BCUT2D eigenvalue weighted by molar-refractivity contribution is 9.10. The number of anilines is 1. The predicted molar refractivity (Wildman–Crippen MR) is 104 cm³/mol. The minimum atomic E-state index is -0.643. The van der Waals surface area contributed by atoms with Crippen LogP contribution in [0.1, 0.15) is 29.9 Å². The Balaban J connectivity index is 1.66. The highest BCUT2D eigenvalue weighted by Gasteiger charge is 2.58. The van der Waals surface area contributed by atoms with Crippen molar-refractivity contribution in [3.05, 3.63) is 68.4 Å². The van der Waals surface area contributed by atoms with E-state index in [1.165, 1.54) is 6.07 Å². The van der Waals surface area contributed by atoms with E-state index in [-0.39, 0.29) is 23.2 Å². The Morgan fingerprint density at radius 2 is 2.07 bits per heavy atom. The van der Waals surface area contributed by atoms with Crippen molar-refractivity contribution in [1.29, 1.82) is 0 Å². The SMILES string of the molecule is CN1c2cnc3cc(F)c(Br)cc3c2[C@]2(C[C@@H](c3cc[nH]c(=O)c3)C2)C1=O. The Morgan fingerprint density at radius 1 is 1.30 bits per heavy atom. The number of amides is 1. The zero-order valence-corrected chi connectivity index (χ0v) is 16.0. The lowest BCUT2D eigenvalue weighted by atomic mass is 9.57. The van der Waals surface area contributed by atoms with E-state index in [1.807, 2.05) is 6.07 Å². The lowest BCUT2D eigenvalue weighted by Crippen LogP contribution is -2.48. The summed E-state index contributed by atoms with van der Waals surface area (Å²) in [4.78, 5) is 33.4. The number of rotatable bonds is 1. The number of H-pyrrole nitrogens is 1. The summed E-state index contributed by atoms with van der Waals surface area (Å²) in [5.41, 5.74) is 2.39. The van der Waals surface area contributed by atoms with E-state index in [1.54, 1.807) is 36.5 Å². The number of nitrogens with zero attached hydrogens (tertiary/aromatic N) is 2. The maximum Gasteiger partial charge on any atom is 0.248 e. The van der Waals surface area contributed by atoms with Crippen LogP contribution in [-0.4, -0.2) is 22.9 Å². The van der Waals surface area contributed by atoms with Crippen molar-refractivity contribution in [3.63, 3.8) is 0 Å². The molecule has 3 heterocycles. The number of hydrogen-bond donors (Lipinski definition) is 1. The molecular weight excluding hydrogens is 413 g/mol. The number of halogens is 2. The highest BCUT2D eigenvalue weighted by atomic mass is 79.9. The fraction of sp³-hybridized carbons (Fsp3) is 0.250. The maximum absolute atomic E-state index is 14.0. The molecule has 5 nitrogen and oxygen atoms in total. The van der Waals surface area contributed by atoms with Crippen molar-refractivity contribution in [2.45, 2.75) is 24.2 Å². The minimum Gasteiger partial charge on any atom is -0.329 e. The van der Waals surface area contributed by atoms with Crippen molar-refractivity contribution in [2.75, 3.05) is 11.9 Å². The van der Waals surface area contributed by atoms with E-state index in [0.717, 1.165) is 22.2 Å². The molecule has 1 aliphatic heterocycles. The number of carbonyl (C=O) groups is 1. The van der Waals surface area contributed by atoms with Crippen LogP contribution >= 0.6 is 15.9 Å². The van der Waals surface area contributed by atoms with Crippen LogP contribution in [0.5, 0.6) is 0 Å². The van der Waals surface area contributed by atoms with Crippen molar-refractivity contribution in [3.8, 4) is 0 Å². The van der Waals surface area contributed by atoms with Gasteiger partial charge in [-0.25, -0.2) is 4.39 Å². The van der Waals surface area contributed by atoms with Crippen molar-refractivity contribution >= 4 is 38.4 Å². The fourth-order valence-electron chi connectivity index (χ4n) is 4.58. The van der Waals surface area contributed by atoms with Gasteiger partial charge in [-0.3, -0.25) is 14.6 Å². The largest absolute Gasteiger partial charge is 0.329 e. The van der Waals surface area contributed by atoms with Crippen LogP contribution in [0, 0.1) is 5.82 Å². The van der Waals surface area contributed by atoms with Crippen molar-refractivity contribution in [1.82, 2.24) is 9.97 Å². The van der Waals surface area contributed by atoms with Gasteiger partial charge in [0.2, 0.25) is 11.5 Å². The lowest BCUT2D eigenvalue weighted by Gasteiger charge is -2.44. The Kier molecular flexibility index (Phi) is 3.37. The van der Waals surface area contributed by atoms with E-state index >= 15 is 0 Å². The van der Waals surface area contributed by atoms with Gasteiger partial charge in [-0.2, -0.15) is 0 Å². The molecule has 0 saturated heterocycles. The Bertz CT molecular complexity index is 1180. The third-order valence-electron chi connectivity index (χ3n) is 5.90. The second-order valence-electron chi connectivity index (χ2n) is 7.34. The molecule has 0 bridgehead atoms. The number of benzene rings is 1. The summed E-state index contributed by atoms with van der Waals surface area (Å²) < 4.78 is 14.3. The second-order valence-corrected chi connectivity index (χ2v) is 8.19. The number of carbonyl (C=O) groups excluding carboxylic acids is 1. The van der Waals surface area contributed by atoms with Crippen LogP contribution in [0.2, 0.25) is 0 Å². The monoisotopic (exact) mass is 427 g/mol. The summed E-state index contributed by atoms with van der Waals surface area (Å²) in [7, 11) is 1.75. The number of fused-ring (bicyclic) bond motifs is 4. The van der Waals surface area contributed by atoms with Crippen LogP contribution in [0.15, 0.2) is 45.9 Å². The molecule has 27 heavy (non-hydrogen) atoms. The highest BCUT2D eigenvalue weighted by Crippen LogP contribution is 2.60. The van der Waals surface area contributed by atoms with Crippen LogP contribution in [0.4, 0.5) is 10.1 Å². The fourth-order valence-corrected chi connectivity index (χ4v) is 4.93. The molecule has 1 aliphatic carbocycles. The summed E-state index contributed by atoms with van der Waals surface area (Å²) in [6, 6.07) is 6.59. The normalized spacial score (nSPS) is 23.7. The number of aromatic amines is 1. The number of nitrogens with one attached hydrogen (secondary N) is 1. The molecule has 1 spiro atoms. The third-order valence-corrected chi connectivity index (χ3v) is 6.51. The van der Waals surface area contributed by atoms with Crippen LogP contribution < -0.4 is 10.5 Å². The predicted octanol–water partition coefficient (Wildman–Crippen LogP) is 3.62. The van der Waals surface area contributed by atoms with E-state index < -0.39 is 5.41 Å². The average Bonchev–Trinajstić information content (AvgIpc) is 2.83. The summed E-state index contributed by atoms with van der Waals surface area (Å²) in [6.07, 6.45) is 4.54. The number of aromatic nitrogens is 2. The van der Waals surface area contributed by atoms with Gasteiger partial charge in [0.25, 0.3) is 0 Å². The van der Waals surface area contributed by atoms with Crippen molar-refractivity contribution < 1.29 is 9.18 Å². The molecule has 2 aliphatic rings. The van der Waals surface area contributed by atoms with E-state index in [4.69, 9.17) is 0 Å². The van der Waals surface area contributed by atoms with Gasteiger partial charge < -0.3 is 9.88 Å². The zero-order valence-electron chi connectivity index (χ0n) is 14.4. The summed E-state index contributed by atoms with van der Waals surface area (Å²) >= 11 is 3.25. The molecule has 2 aromatic heterocycles. The first-order valence-electron chi connectivity index (χ1n) is 8.66. The van der Waals surface area contributed by atoms with Gasteiger partial charge in [0.1, 0.15) is 5.82 Å². The molecule has 1 aromatic carbocycles. The first-order chi connectivity index (χ1) is 12.9. The maximum atomic E-state index is 14.0. The van der Waals surface area contributed by atoms with E-state index in [0.29, 0.717) is 22.8 Å². The van der Waals surface area contributed by atoms with Crippen molar-refractivity contribution in [2.24, 2.45) is 0 Å². The standard InChI is InChI=1S/C20H15BrFN3O2/c1-25-16-9-24-15-6-14(22)13(21)5-12(15)18(16)20(19(25)27)7-11(8-20)10-2-3-23-17(26)4-10/h2-6,9,11H,7-8H2,1H3,(H,23,26)/t11-,20-. The quantitative estimate of drug-likeness (QED) is 0.644. The summed E-state index contributed by atoms with van der Waals surface area (Å²) in [5, 5.41) is 0.794. The van der Waals surface area contributed by atoms with E-state index in [9.17, 15) is 14.0 Å². The van der Waals surface area contributed by atoms with Crippen LogP contribution in [0.25, 0.3) is 10.9 Å². The smallest absolute Gasteiger partial charge is 0.248 e. The van der Waals surface area contributed by atoms with Crippen LogP contribution in [-0.2, 0) is 10.2 Å². The van der Waals surface area contributed by atoms with E-state index in [2.05, 4.69) is 25.9 Å². The topological polar surface area (TPSA) is 66.1 Å². The van der Waals surface area contributed by atoms with Gasteiger partial charge >= 0.3 is 0 Å². The molecular formula is C20H15BrFN3O2. The first kappa shape index (κ1) is 16.6. The minimum absolute atomic E-state index is 0.0355. The molecule has 0 radical (unpaired) electrons. The molecule has 1 saturated carbocycles. The van der Waals surface area contributed by atoms with Gasteiger partial charge in [0.05, 0.1) is 27.3 Å². The molecule has 1 N–H and O–H groups in total. The number of hydrogen-bond acceptors (Lipinski definition) is 3. The molecule has 3 aromatic rings. The number of likely N-dealkylation sites (N-methyl/N-ethyl adjacent to an activating group) is 1. The van der Waals surface area contributed by atoms with Gasteiger partial charge in [-0.15, -0.1) is 0 Å². The molecule has 7 heteroatoms. The van der Waals surface area contributed by atoms with Gasteiger partial charge in [-0.1, -0.05) is 0 Å². The second kappa shape index (κ2) is 5.48. The average molecular weight is 428 g/mol. The lowest BCUT2D eigenvalue weighted by molar-refractivity contribution is -0.126. The van der Waals surface area contributed by atoms with Gasteiger partial charge in [0.15, 0.2) is 0 Å². The van der Waals surface area contributed by atoms with Gasteiger partial charge in [-0.05, 0) is 52.4 Å². The molecule has 0 unspecified atom stereocenters. The zero-order chi connectivity index (χ0) is 18.9. The molecule has 5 rings (SSSR count). The summed E-state index contributed by atoms with van der Waals surface area (Å²) in [5.74, 6) is -0.201. The van der Waals surface area contributed by atoms with Crippen LogP contribution in [0.3, 0.4) is 0 Å².